The third-order valence-corrected chi connectivity index (χ3v) is 7.24. The van der Waals surface area contributed by atoms with Crippen LogP contribution < -0.4 is 24.6 Å². The molecule has 0 aliphatic carbocycles. The maximum absolute atomic E-state index is 13.4. The van der Waals surface area contributed by atoms with Gasteiger partial charge in [0.2, 0.25) is 0 Å². The van der Waals surface area contributed by atoms with Gasteiger partial charge < -0.3 is 29.7 Å². The molecule has 1 aliphatic rings. The molecule has 3 heterocycles. The molecule has 10 heteroatoms. The van der Waals surface area contributed by atoms with Crippen molar-refractivity contribution in [3.8, 4) is 11.5 Å². The largest absolute Gasteiger partial charge is 0.497 e. The molecule has 1 fully saturated rings. The fourth-order valence-electron chi connectivity index (χ4n) is 4.04. The van der Waals surface area contributed by atoms with E-state index in [2.05, 4.69) is 15.2 Å². The minimum atomic E-state index is -0.259. The van der Waals surface area contributed by atoms with Gasteiger partial charge in [0.1, 0.15) is 28.2 Å². The second-order valence-corrected chi connectivity index (χ2v) is 9.92. The number of methoxy groups -OCH3 is 2. The lowest BCUT2D eigenvalue weighted by Crippen LogP contribution is -2.36. The summed E-state index contributed by atoms with van der Waals surface area (Å²) < 4.78 is 10.8. The molecule has 0 bridgehead atoms. The smallest absolute Gasteiger partial charge is 0.258 e. The highest BCUT2D eigenvalue weighted by Crippen LogP contribution is 2.33. The Labute approximate surface area is 221 Å². The lowest BCUT2D eigenvalue weighted by atomic mass is 10.1. The molecule has 1 saturated heterocycles. The third kappa shape index (κ3) is 6.64. The first-order valence-electron chi connectivity index (χ1n) is 12.1. The number of hydrogen-bond acceptors (Lipinski definition) is 9. The predicted molar refractivity (Wildman–Crippen MR) is 147 cm³/mol. The molecule has 1 aliphatic heterocycles. The average Bonchev–Trinajstić information content (AvgIpc) is 2.92. The first-order chi connectivity index (χ1) is 17.9. The van der Waals surface area contributed by atoms with E-state index in [0.29, 0.717) is 34.9 Å². The van der Waals surface area contributed by atoms with Crippen molar-refractivity contribution in [1.82, 2.24) is 9.97 Å². The average molecular weight is 524 g/mol. The number of piperidine rings is 1. The molecule has 1 amide bonds. The molecule has 1 aromatic carbocycles. The molecule has 2 aromatic heterocycles. The number of thioether (sulfide) groups is 1. The van der Waals surface area contributed by atoms with Gasteiger partial charge in [-0.2, -0.15) is 0 Å². The molecular formula is C27H33N5O4S. The number of benzene rings is 1. The van der Waals surface area contributed by atoms with Crippen LogP contribution >= 0.6 is 11.8 Å². The Bertz CT molecular complexity index is 1230. The van der Waals surface area contributed by atoms with E-state index in [4.69, 9.17) is 14.5 Å². The highest BCUT2D eigenvalue weighted by Gasteiger charge is 2.20. The van der Waals surface area contributed by atoms with E-state index in [1.54, 1.807) is 32.5 Å². The Morgan fingerprint density at radius 3 is 2.62 bits per heavy atom. The Kier molecular flexibility index (Phi) is 8.73. The standard InChI is InChI=1S/C27H33N5O4S/c1-31(2)24-8-7-22(27(30-24)37-17-18-5-6-21(35-3)16-23(18)36-4)26(34)29-19-9-12-28-25(15-19)32-13-10-20(33)11-14-32/h5-9,12,15-16,20,33H,10-11,13-14,17H2,1-4H3,(H,28,29,34). The maximum atomic E-state index is 13.4. The number of aliphatic hydroxyl groups excluding tert-OH is 1. The first-order valence-corrected chi connectivity index (χ1v) is 13.1. The number of pyridine rings is 2. The summed E-state index contributed by atoms with van der Waals surface area (Å²) in [4.78, 5) is 26.6. The summed E-state index contributed by atoms with van der Waals surface area (Å²) in [6.07, 6.45) is 2.85. The Hall–Kier alpha value is -3.50. The summed E-state index contributed by atoms with van der Waals surface area (Å²) >= 11 is 1.48. The number of hydrogen-bond donors (Lipinski definition) is 2. The Morgan fingerprint density at radius 1 is 1.14 bits per heavy atom. The van der Waals surface area contributed by atoms with Gasteiger partial charge in [-0.15, -0.1) is 11.8 Å². The predicted octanol–water partition coefficient (Wildman–Crippen LogP) is 4.07. The van der Waals surface area contributed by atoms with Gasteiger partial charge in [0.25, 0.3) is 5.91 Å². The fraction of sp³-hybridized carbons (Fsp3) is 0.370. The van der Waals surface area contributed by atoms with Crippen LogP contribution in [0, 0.1) is 0 Å². The van der Waals surface area contributed by atoms with Gasteiger partial charge >= 0.3 is 0 Å². The van der Waals surface area contributed by atoms with Gasteiger partial charge in [0, 0.05) is 62.5 Å². The summed E-state index contributed by atoms with van der Waals surface area (Å²) in [6, 6.07) is 13.0. The van der Waals surface area contributed by atoms with Crippen molar-refractivity contribution in [3.05, 3.63) is 59.8 Å². The van der Waals surface area contributed by atoms with Crippen molar-refractivity contribution < 1.29 is 19.4 Å². The lowest BCUT2D eigenvalue weighted by Gasteiger charge is -2.30. The number of amides is 1. The van der Waals surface area contributed by atoms with Crippen LogP contribution in [0.1, 0.15) is 28.8 Å². The molecule has 196 valence electrons. The van der Waals surface area contributed by atoms with Crippen LogP contribution in [0.5, 0.6) is 11.5 Å². The van der Waals surface area contributed by atoms with Crippen LogP contribution in [0.15, 0.2) is 53.7 Å². The molecule has 37 heavy (non-hydrogen) atoms. The van der Waals surface area contributed by atoms with Crippen molar-refractivity contribution in [2.45, 2.75) is 29.7 Å². The van der Waals surface area contributed by atoms with Crippen molar-refractivity contribution >= 4 is 35.0 Å². The molecular weight excluding hydrogens is 490 g/mol. The number of anilines is 3. The zero-order valence-corrected chi connectivity index (χ0v) is 22.4. The van der Waals surface area contributed by atoms with Gasteiger partial charge in [0.05, 0.1) is 25.9 Å². The molecule has 9 nitrogen and oxygen atoms in total. The number of nitrogens with one attached hydrogen (secondary N) is 1. The van der Waals surface area contributed by atoms with Crippen molar-refractivity contribution in [1.29, 1.82) is 0 Å². The highest BCUT2D eigenvalue weighted by molar-refractivity contribution is 7.98. The van der Waals surface area contributed by atoms with Gasteiger partial charge in [-0.1, -0.05) is 6.07 Å². The van der Waals surface area contributed by atoms with Crippen LogP contribution in [0.4, 0.5) is 17.3 Å². The maximum Gasteiger partial charge on any atom is 0.258 e. The number of rotatable bonds is 9. The number of aromatic nitrogens is 2. The lowest BCUT2D eigenvalue weighted by molar-refractivity contribution is 0.102. The van der Waals surface area contributed by atoms with Crippen LogP contribution in [0.25, 0.3) is 0 Å². The van der Waals surface area contributed by atoms with Crippen LogP contribution in [-0.4, -0.2) is 68.5 Å². The molecule has 0 unspecified atom stereocenters. The summed E-state index contributed by atoms with van der Waals surface area (Å²) in [5.41, 5.74) is 2.12. The summed E-state index contributed by atoms with van der Waals surface area (Å²) in [6.45, 7) is 1.47. The quantitative estimate of drug-likeness (QED) is 0.402. The molecule has 0 atom stereocenters. The normalized spacial score (nSPS) is 13.8. The highest BCUT2D eigenvalue weighted by atomic mass is 32.2. The second kappa shape index (κ2) is 12.2. The Balaban J connectivity index is 1.54. The van der Waals surface area contributed by atoms with E-state index in [9.17, 15) is 9.90 Å². The molecule has 4 rings (SSSR count). The SMILES string of the molecule is COc1ccc(CSc2nc(N(C)C)ccc2C(=O)Nc2ccnc(N3CCC(O)CC3)c2)c(OC)c1. The molecule has 0 saturated carbocycles. The Morgan fingerprint density at radius 2 is 1.92 bits per heavy atom. The monoisotopic (exact) mass is 523 g/mol. The number of carbonyl (C=O) groups is 1. The van der Waals surface area contributed by atoms with E-state index in [-0.39, 0.29) is 12.0 Å². The molecule has 0 spiro atoms. The van der Waals surface area contributed by atoms with E-state index in [0.717, 1.165) is 41.8 Å². The van der Waals surface area contributed by atoms with Crippen molar-refractivity contribution in [3.63, 3.8) is 0 Å². The number of aliphatic hydroxyl groups is 1. The minimum Gasteiger partial charge on any atom is -0.497 e. The van der Waals surface area contributed by atoms with Gasteiger partial charge in [-0.3, -0.25) is 4.79 Å². The summed E-state index contributed by atoms with van der Waals surface area (Å²) in [7, 11) is 7.08. The van der Waals surface area contributed by atoms with Crippen LogP contribution in [0.3, 0.4) is 0 Å². The summed E-state index contributed by atoms with van der Waals surface area (Å²) in [5.74, 6) is 3.31. The van der Waals surface area contributed by atoms with Crippen molar-refractivity contribution in [2.75, 3.05) is 56.5 Å². The van der Waals surface area contributed by atoms with E-state index < -0.39 is 0 Å². The first kappa shape index (κ1) is 26.6. The van der Waals surface area contributed by atoms with Crippen molar-refractivity contribution in [2.24, 2.45) is 0 Å². The minimum absolute atomic E-state index is 0.242. The zero-order valence-electron chi connectivity index (χ0n) is 21.6. The van der Waals surface area contributed by atoms with E-state index >= 15 is 0 Å². The molecule has 0 radical (unpaired) electrons. The van der Waals surface area contributed by atoms with Gasteiger partial charge in [0.15, 0.2) is 0 Å². The van der Waals surface area contributed by atoms with E-state index in [1.165, 1.54) is 11.8 Å². The van der Waals surface area contributed by atoms with E-state index in [1.807, 2.05) is 49.3 Å². The number of ether oxygens (including phenoxy) is 2. The van der Waals surface area contributed by atoms with Gasteiger partial charge in [-0.25, -0.2) is 9.97 Å². The molecule has 3 aromatic rings. The van der Waals surface area contributed by atoms with Gasteiger partial charge in [-0.05, 0) is 37.1 Å². The van der Waals surface area contributed by atoms with Crippen LogP contribution in [-0.2, 0) is 5.75 Å². The fourth-order valence-corrected chi connectivity index (χ4v) is 5.05. The number of carbonyl (C=O) groups excluding carboxylic acids is 1. The summed E-state index contributed by atoms with van der Waals surface area (Å²) in [5, 5.41) is 13.4. The van der Waals surface area contributed by atoms with Crippen LogP contribution in [0.2, 0.25) is 0 Å². The molecule has 2 N–H and O–H groups in total. The second-order valence-electron chi connectivity index (χ2n) is 8.96. The third-order valence-electron chi connectivity index (χ3n) is 6.20. The zero-order chi connectivity index (χ0) is 26.4. The topological polar surface area (TPSA) is 100 Å². The number of nitrogens with zero attached hydrogens (tertiary/aromatic N) is 4.